The summed E-state index contributed by atoms with van der Waals surface area (Å²) >= 11 is 1.87. The molecule has 0 unspecified atom stereocenters. The van der Waals surface area contributed by atoms with Gasteiger partial charge in [0, 0.05) is 0 Å². The normalized spacial score (nSPS) is 9.82. The second-order valence-electron chi connectivity index (χ2n) is 2.21. The fraction of sp³-hybridized carbons (Fsp3) is 0.333. The van der Waals surface area contributed by atoms with E-state index >= 15 is 0 Å². The second kappa shape index (κ2) is 5.08. The zero-order valence-electron chi connectivity index (χ0n) is 6.45. The second-order valence-corrected chi connectivity index (χ2v) is 3.31. The van der Waals surface area contributed by atoms with Crippen LogP contribution in [0.4, 0.5) is 0 Å². The van der Waals surface area contributed by atoms with Crippen LogP contribution in [0.25, 0.3) is 0 Å². The smallest absolute Gasteiger partial charge is 0.113 e. The van der Waals surface area contributed by atoms with Crippen LogP contribution in [0.3, 0.4) is 0 Å². The molecule has 2 heteroatoms. The summed E-state index contributed by atoms with van der Waals surface area (Å²) in [6.07, 6.45) is 4.73. The van der Waals surface area contributed by atoms with E-state index in [4.69, 9.17) is 4.42 Å². The molecule has 0 fully saturated rings. The van der Waals surface area contributed by atoms with Crippen molar-refractivity contribution < 1.29 is 4.42 Å². The van der Waals surface area contributed by atoms with Crippen LogP contribution in [0.2, 0.25) is 0 Å². The van der Waals surface area contributed by atoms with E-state index in [0.717, 1.165) is 23.7 Å². The Morgan fingerprint density at radius 3 is 3.18 bits per heavy atom. The third-order valence-electron chi connectivity index (χ3n) is 1.29. The van der Waals surface area contributed by atoms with Gasteiger partial charge in [0.25, 0.3) is 0 Å². The molecule has 0 atom stereocenters. The highest BCUT2D eigenvalue weighted by atomic mass is 32.2. The first-order chi connectivity index (χ1) is 5.43. The summed E-state index contributed by atoms with van der Waals surface area (Å²) in [6.45, 7) is 3.66. The van der Waals surface area contributed by atoms with E-state index < -0.39 is 0 Å². The van der Waals surface area contributed by atoms with Crippen molar-refractivity contribution in [1.29, 1.82) is 0 Å². The number of thioether (sulfide) groups is 1. The Labute approximate surface area is 71.5 Å². The lowest BCUT2D eigenvalue weighted by atomic mass is 10.5. The summed E-state index contributed by atoms with van der Waals surface area (Å²) < 4.78 is 5.17. The molecule has 0 radical (unpaired) electrons. The molecule has 1 aromatic heterocycles. The Balaban J connectivity index is 2.09. The zero-order chi connectivity index (χ0) is 7.94. The third-order valence-corrected chi connectivity index (χ3v) is 2.30. The molecular weight excluding hydrogens is 156 g/mol. The van der Waals surface area contributed by atoms with Crippen LogP contribution in [-0.2, 0) is 5.75 Å². The van der Waals surface area contributed by atoms with Crippen LogP contribution in [0.1, 0.15) is 12.2 Å². The molecule has 0 aliphatic heterocycles. The summed E-state index contributed by atoms with van der Waals surface area (Å²) in [4.78, 5) is 0. The first kappa shape index (κ1) is 8.47. The minimum Gasteiger partial charge on any atom is -0.468 e. The molecule has 0 N–H and O–H groups in total. The maximum atomic E-state index is 5.17. The molecule has 1 nitrogen and oxygen atoms in total. The van der Waals surface area contributed by atoms with Crippen molar-refractivity contribution in [2.75, 3.05) is 5.75 Å². The predicted molar refractivity (Wildman–Crippen MR) is 49.7 cm³/mol. The molecule has 11 heavy (non-hydrogen) atoms. The van der Waals surface area contributed by atoms with E-state index in [9.17, 15) is 0 Å². The van der Waals surface area contributed by atoms with Gasteiger partial charge in [0.15, 0.2) is 0 Å². The Kier molecular flexibility index (Phi) is 3.91. The fourth-order valence-electron chi connectivity index (χ4n) is 0.734. The van der Waals surface area contributed by atoms with Gasteiger partial charge in [-0.05, 0) is 24.3 Å². The van der Waals surface area contributed by atoms with E-state index in [0.29, 0.717) is 0 Å². The lowest BCUT2D eigenvalue weighted by Gasteiger charge is -1.94. The highest BCUT2D eigenvalue weighted by molar-refractivity contribution is 7.98. The number of hydrogen-bond acceptors (Lipinski definition) is 2. The molecule has 1 aromatic rings. The third kappa shape index (κ3) is 3.33. The summed E-state index contributed by atoms with van der Waals surface area (Å²) in [5.74, 6) is 3.16. The molecule has 0 bridgehead atoms. The summed E-state index contributed by atoms with van der Waals surface area (Å²) in [7, 11) is 0. The van der Waals surface area contributed by atoms with Gasteiger partial charge >= 0.3 is 0 Å². The summed E-state index contributed by atoms with van der Waals surface area (Å²) in [6, 6.07) is 3.92. The standard InChI is InChI=1S/C9H12OS/c1-2-3-7-11-8-9-5-4-6-10-9/h2,4-6H,1,3,7-8H2. The monoisotopic (exact) mass is 168 g/mol. The molecule has 1 heterocycles. The van der Waals surface area contributed by atoms with Crippen LogP contribution < -0.4 is 0 Å². The van der Waals surface area contributed by atoms with Gasteiger partial charge in [-0.15, -0.1) is 6.58 Å². The van der Waals surface area contributed by atoms with Gasteiger partial charge in [0.2, 0.25) is 0 Å². The van der Waals surface area contributed by atoms with Crippen LogP contribution in [0.15, 0.2) is 35.5 Å². The van der Waals surface area contributed by atoms with Crippen molar-refractivity contribution in [2.24, 2.45) is 0 Å². The minimum absolute atomic E-state index is 0.973. The molecule has 0 aromatic carbocycles. The van der Waals surface area contributed by atoms with E-state index in [2.05, 4.69) is 6.58 Å². The van der Waals surface area contributed by atoms with Crippen LogP contribution in [-0.4, -0.2) is 5.75 Å². The van der Waals surface area contributed by atoms with Gasteiger partial charge < -0.3 is 4.42 Å². The van der Waals surface area contributed by atoms with Crippen molar-refractivity contribution in [3.05, 3.63) is 36.8 Å². The average molecular weight is 168 g/mol. The number of furan rings is 1. The molecule has 0 spiro atoms. The summed E-state index contributed by atoms with van der Waals surface area (Å²) in [5.41, 5.74) is 0. The average Bonchev–Trinajstić information content (AvgIpc) is 2.50. The molecule has 0 saturated heterocycles. The first-order valence-corrected chi connectivity index (χ1v) is 4.80. The highest BCUT2D eigenvalue weighted by Gasteiger charge is 1.93. The minimum atomic E-state index is 0.973. The molecule has 0 aliphatic rings. The van der Waals surface area contributed by atoms with Crippen molar-refractivity contribution in [3.63, 3.8) is 0 Å². The van der Waals surface area contributed by atoms with Crippen LogP contribution in [0.5, 0.6) is 0 Å². The fourth-order valence-corrected chi connectivity index (χ4v) is 1.58. The van der Waals surface area contributed by atoms with Crippen LogP contribution in [0, 0.1) is 0 Å². The molecule has 0 amide bonds. The van der Waals surface area contributed by atoms with Crippen molar-refractivity contribution in [3.8, 4) is 0 Å². The quantitative estimate of drug-likeness (QED) is 0.495. The first-order valence-electron chi connectivity index (χ1n) is 3.64. The molecular formula is C9H12OS. The van der Waals surface area contributed by atoms with Crippen molar-refractivity contribution in [2.45, 2.75) is 12.2 Å². The molecule has 0 saturated carbocycles. The Bertz CT molecular complexity index is 191. The number of hydrogen-bond donors (Lipinski definition) is 0. The largest absolute Gasteiger partial charge is 0.468 e. The maximum absolute atomic E-state index is 5.17. The predicted octanol–water partition coefficient (Wildman–Crippen LogP) is 3.09. The van der Waals surface area contributed by atoms with Gasteiger partial charge in [0.05, 0.1) is 12.0 Å². The van der Waals surface area contributed by atoms with Gasteiger partial charge in [-0.25, -0.2) is 0 Å². The van der Waals surface area contributed by atoms with E-state index in [1.54, 1.807) is 6.26 Å². The maximum Gasteiger partial charge on any atom is 0.113 e. The van der Waals surface area contributed by atoms with Crippen molar-refractivity contribution >= 4 is 11.8 Å². The molecule has 1 rings (SSSR count). The zero-order valence-corrected chi connectivity index (χ0v) is 7.27. The lowest BCUT2D eigenvalue weighted by Crippen LogP contribution is -1.78. The topological polar surface area (TPSA) is 13.1 Å². The van der Waals surface area contributed by atoms with Gasteiger partial charge in [-0.1, -0.05) is 6.08 Å². The Morgan fingerprint density at radius 2 is 2.55 bits per heavy atom. The SMILES string of the molecule is C=CCCSCc1ccco1. The number of allylic oxidation sites excluding steroid dienone is 1. The Morgan fingerprint density at radius 1 is 1.64 bits per heavy atom. The molecule has 60 valence electrons. The van der Waals surface area contributed by atoms with E-state index in [1.165, 1.54) is 0 Å². The number of rotatable bonds is 5. The van der Waals surface area contributed by atoms with E-state index in [-0.39, 0.29) is 0 Å². The molecule has 0 aliphatic carbocycles. The van der Waals surface area contributed by atoms with Gasteiger partial charge in [-0.2, -0.15) is 11.8 Å². The van der Waals surface area contributed by atoms with E-state index in [1.807, 2.05) is 30.0 Å². The Hall–Kier alpha value is -0.630. The highest BCUT2D eigenvalue weighted by Crippen LogP contribution is 2.12. The summed E-state index contributed by atoms with van der Waals surface area (Å²) in [5, 5.41) is 0. The van der Waals surface area contributed by atoms with Crippen molar-refractivity contribution in [1.82, 2.24) is 0 Å². The van der Waals surface area contributed by atoms with Gasteiger partial charge in [-0.3, -0.25) is 0 Å². The lowest BCUT2D eigenvalue weighted by molar-refractivity contribution is 0.530. The van der Waals surface area contributed by atoms with Crippen LogP contribution >= 0.6 is 11.8 Å². The van der Waals surface area contributed by atoms with Gasteiger partial charge in [0.1, 0.15) is 5.76 Å².